The summed E-state index contributed by atoms with van der Waals surface area (Å²) in [5.41, 5.74) is -0.315. The van der Waals surface area contributed by atoms with Crippen LogP contribution in [0.5, 0.6) is 0 Å². The number of esters is 1. The van der Waals surface area contributed by atoms with E-state index >= 15 is 0 Å². The second kappa shape index (κ2) is 9.33. The smallest absolute Gasteiger partial charge is 0.335 e. The molecule has 0 unspecified atom stereocenters. The molecule has 170 valence electrons. The van der Waals surface area contributed by atoms with E-state index < -0.39 is 21.6 Å². The molecule has 0 atom stereocenters. The molecule has 30 heavy (non-hydrogen) atoms. The highest BCUT2D eigenvalue weighted by atomic mass is 32.2. The molecule has 0 aliphatic carbocycles. The highest BCUT2D eigenvalue weighted by molar-refractivity contribution is 7.89. The zero-order valence-electron chi connectivity index (χ0n) is 18.3. The molecule has 1 amide bonds. The molecule has 2 saturated heterocycles. The number of hydrogen-bond donors (Lipinski definition) is 1. The Bertz CT molecular complexity index is 794. The van der Waals surface area contributed by atoms with Crippen molar-refractivity contribution in [3.8, 4) is 0 Å². The van der Waals surface area contributed by atoms with Crippen LogP contribution in [0.3, 0.4) is 0 Å². The van der Waals surface area contributed by atoms with Crippen LogP contribution in [0.2, 0.25) is 0 Å². The first-order valence-electron chi connectivity index (χ1n) is 10.9. The Balaban J connectivity index is 1.59. The third-order valence-corrected chi connectivity index (χ3v) is 8.45. The van der Waals surface area contributed by atoms with Gasteiger partial charge in [-0.15, -0.1) is 0 Å². The maximum absolute atomic E-state index is 13.0. The number of piperazine rings is 1. The molecule has 3 heterocycles. The van der Waals surface area contributed by atoms with Crippen molar-refractivity contribution in [1.29, 1.82) is 0 Å². The maximum atomic E-state index is 13.0. The van der Waals surface area contributed by atoms with Crippen molar-refractivity contribution in [1.82, 2.24) is 19.4 Å². The summed E-state index contributed by atoms with van der Waals surface area (Å²) in [6.45, 7) is 12.3. The quantitative estimate of drug-likeness (QED) is 0.545. The van der Waals surface area contributed by atoms with Crippen LogP contribution in [0.25, 0.3) is 0 Å². The predicted molar refractivity (Wildman–Crippen MR) is 113 cm³/mol. The van der Waals surface area contributed by atoms with Crippen molar-refractivity contribution in [2.24, 2.45) is 0 Å². The van der Waals surface area contributed by atoms with Crippen LogP contribution in [0, 0.1) is 0 Å². The van der Waals surface area contributed by atoms with Gasteiger partial charge >= 0.3 is 5.97 Å². The summed E-state index contributed by atoms with van der Waals surface area (Å²) in [7, 11) is -3.30. The number of hydrogen-bond acceptors (Lipinski definition) is 7. The second-order valence-corrected chi connectivity index (χ2v) is 10.5. The molecule has 0 radical (unpaired) electrons. The van der Waals surface area contributed by atoms with Gasteiger partial charge < -0.3 is 15.0 Å². The van der Waals surface area contributed by atoms with Crippen LogP contribution >= 0.6 is 0 Å². The zero-order valence-corrected chi connectivity index (χ0v) is 19.1. The van der Waals surface area contributed by atoms with Gasteiger partial charge in [0.2, 0.25) is 10.0 Å². The number of nitrogens with zero attached hydrogens (tertiary/aromatic N) is 3. The number of likely N-dealkylation sites (N-methyl/N-ethyl adjacent to an activating group) is 1. The second-order valence-electron chi connectivity index (χ2n) is 8.22. The van der Waals surface area contributed by atoms with Gasteiger partial charge in [-0.25, -0.2) is 17.5 Å². The van der Waals surface area contributed by atoms with Crippen molar-refractivity contribution >= 4 is 21.9 Å². The van der Waals surface area contributed by atoms with Crippen molar-refractivity contribution < 1.29 is 22.7 Å². The number of carbonyl (C=O) groups excluding carboxylic acids is 2. The third-order valence-electron chi connectivity index (χ3n) is 6.57. The molecule has 0 aromatic heterocycles. The Morgan fingerprint density at radius 3 is 2.23 bits per heavy atom. The predicted octanol–water partition coefficient (Wildman–Crippen LogP) is -0.202. The van der Waals surface area contributed by atoms with E-state index in [-0.39, 0.29) is 24.7 Å². The van der Waals surface area contributed by atoms with E-state index in [0.717, 1.165) is 39.3 Å². The summed E-state index contributed by atoms with van der Waals surface area (Å²) < 4.78 is 31.4. The molecule has 10 heteroatoms. The fourth-order valence-corrected chi connectivity index (χ4v) is 5.64. The van der Waals surface area contributed by atoms with Gasteiger partial charge in [-0.1, -0.05) is 6.92 Å². The van der Waals surface area contributed by atoms with Crippen LogP contribution in [0.1, 0.15) is 33.6 Å². The molecule has 0 bridgehead atoms. The summed E-state index contributed by atoms with van der Waals surface area (Å²) >= 11 is 0. The molecule has 1 spiro atoms. The average molecular weight is 443 g/mol. The molecule has 3 aliphatic rings. The molecule has 3 rings (SSSR count). The lowest BCUT2D eigenvalue weighted by Crippen LogP contribution is -2.51. The minimum absolute atomic E-state index is 0.0362. The lowest BCUT2D eigenvalue weighted by molar-refractivity contribution is -0.150. The minimum Gasteiger partial charge on any atom is -0.450 e. The molecule has 3 aliphatic heterocycles. The van der Waals surface area contributed by atoms with Gasteiger partial charge in [-0.05, 0) is 20.4 Å². The van der Waals surface area contributed by atoms with Gasteiger partial charge in [0.15, 0.2) is 0 Å². The topological polar surface area (TPSA) is 99.3 Å². The largest absolute Gasteiger partial charge is 0.450 e. The van der Waals surface area contributed by atoms with Gasteiger partial charge in [0.1, 0.15) is 5.60 Å². The lowest BCUT2D eigenvalue weighted by atomic mass is 9.83. The van der Waals surface area contributed by atoms with Crippen LogP contribution in [0.4, 0.5) is 0 Å². The average Bonchev–Trinajstić information content (AvgIpc) is 2.98. The number of sulfonamides is 1. The minimum atomic E-state index is -3.30. The highest BCUT2D eigenvalue weighted by Crippen LogP contribution is 2.41. The maximum Gasteiger partial charge on any atom is 0.335 e. The van der Waals surface area contributed by atoms with Gasteiger partial charge in [-0.3, -0.25) is 9.69 Å². The van der Waals surface area contributed by atoms with Crippen LogP contribution in [-0.4, -0.2) is 105 Å². The summed E-state index contributed by atoms with van der Waals surface area (Å²) in [6.07, 6.45) is 0.605. The van der Waals surface area contributed by atoms with Crippen LogP contribution in [0.15, 0.2) is 11.1 Å². The van der Waals surface area contributed by atoms with Crippen LogP contribution < -0.4 is 5.32 Å². The summed E-state index contributed by atoms with van der Waals surface area (Å²) in [4.78, 5) is 30.0. The standard InChI is InChI=1S/C20H34N4O5S/c1-4-22-12-14-23(15-13-22)11-8-21-18(25)17-16(3)19(26)29-20(17)6-9-24(10-7-20)30(27,28)5-2/h4-15H2,1-3H3,(H,21,25). The van der Waals surface area contributed by atoms with E-state index in [1.807, 2.05) is 0 Å². The summed E-state index contributed by atoms with van der Waals surface area (Å²) in [5, 5.41) is 2.96. The van der Waals surface area contributed by atoms with Gasteiger partial charge in [0.05, 0.1) is 11.3 Å². The number of nitrogens with one attached hydrogen (secondary N) is 1. The van der Waals surface area contributed by atoms with Crippen molar-refractivity contribution in [2.45, 2.75) is 39.2 Å². The lowest BCUT2D eigenvalue weighted by Gasteiger charge is -2.38. The van der Waals surface area contributed by atoms with Gasteiger partial charge in [-0.2, -0.15) is 0 Å². The van der Waals surface area contributed by atoms with Crippen molar-refractivity contribution in [3.63, 3.8) is 0 Å². The van der Waals surface area contributed by atoms with E-state index in [0.29, 0.717) is 30.5 Å². The normalized spacial score (nSPS) is 23.8. The Morgan fingerprint density at radius 2 is 1.67 bits per heavy atom. The van der Waals surface area contributed by atoms with Crippen LogP contribution in [-0.2, 0) is 24.3 Å². The molecular weight excluding hydrogens is 408 g/mol. The molecule has 9 nitrogen and oxygen atoms in total. The number of ether oxygens (including phenoxy) is 1. The molecule has 0 aromatic rings. The fourth-order valence-electron chi connectivity index (χ4n) is 4.53. The summed E-state index contributed by atoms with van der Waals surface area (Å²) in [5.74, 6) is -0.728. The van der Waals surface area contributed by atoms with E-state index in [4.69, 9.17) is 4.74 Å². The molecule has 0 saturated carbocycles. The Labute approximate surface area is 179 Å². The summed E-state index contributed by atoms with van der Waals surface area (Å²) in [6, 6.07) is 0. The number of amides is 1. The van der Waals surface area contributed by atoms with Crippen molar-refractivity contribution in [2.75, 3.05) is 64.7 Å². The Kier molecular flexibility index (Phi) is 7.21. The highest BCUT2D eigenvalue weighted by Gasteiger charge is 2.51. The number of carbonyl (C=O) groups is 2. The number of rotatable bonds is 7. The van der Waals surface area contributed by atoms with Gasteiger partial charge in [0.25, 0.3) is 5.91 Å². The van der Waals surface area contributed by atoms with Gasteiger partial charge in [0, 0.05) is 70.8 Å². The number of piperidine rings is 1. The molecule has 2 fully saturated rings. The first-order chi connectivity index (χ1) is 14.2. The molecular formula is C20H34N4O5S. The first-order valence-corrected chi connectivity index (χ1v) is 12.5. The monoisotopic (exact) mass is 442 g/mol. The Hall–Kier alpha value is -1.49. The SMILES string of the molecule is CCN1CCN(CCNC(=O)C2=C(C)C(=O)OC23CCN(S(=O)(=O)CC)CC3)CC1. The van der Waals surface area contributed by atoms with E-state index in [1.54, 1.807) is 13.8 Å². The van der Waals surface area contributed by atoms with E-state index in [2.05, 4.69) is 22.0 Å². The van der Waals surface area contributed by atoms with Crippen molar-refractivity contribution in [3.05, 3.63) is 11.1 Å². The Morgan fingerprint density at radius 1 is 1.07 bits per heavy atom. The molecule has 0 aromatic carbocycles. The van der Waals surface area contributed by atoms with E-state index in [1.165, 1.54) is 4.31 Å². The van der Waals surface area contributed by atoms with E-state index in [9.17, 15) is 18.0 Å². The third kappa shape index (κ3) is 4.71. The first kappa shape index (κ1) is 23.2. The fraction of sp³-hybridized carbons (Fsp3) is 0.800. The zero-order chi connectivity index (χ0) is 21.9. The molecule has 1 N–H and O–H groups in total.